The van der Waals surface area contributed by atoms with Crippen LogP contribution in [-0.4, -0.2) is 93.7 Å². The fraction of sp³-hybridized carbons (Fsp3) is 0.783. The number of imide groups is 1. The number of hydrogen-bond acceptors (Lipinski definition) is 8. The van der Waals surface area contributed by atoms with Crippen molar-refractivity contribution in [3.05, 3.63) is 11.6 Å². The summed E-state index contributed by atoms with van der Waals surface area (Å²) in [5, 5.41) is 4.93. The Kier molecular flexibility index (Phi) is 10.3. The Morgan fingerprint density at radius 1 is 1.27 bits per heavy atom. The summed E-state index contributed by atoms with van der Waals surface area (Å²) in [6, 6.07) is 0. The molecule has 1 aliphatic carbocycles. The number of alkyl carbamates (subject to hydrolysis) is 1. The summed E-state index contributed by atoms with van der Waals surface area (Å²) in [6.07, 6.45) is 1.42. The second kappa shape index (κ2) is 12.5. The van der Waals surface area contributed by atoms with E-state index >= 15 is 0 Å². The highest BCUT2D eigenvalue weighted by Gasteiger charge is 2.61. The van der Waals surface area contributed by atoms with Crippen LogP contribution in [0.25, 0.3) is 0 Å². The SMILES string of the molecule is COC1C(OC(=O)NC(=O)CN(C)CCNC(C)=O)CC[C@]2(CO2)C1[C@H](C)OCC=C(C)C. The first-order valence-electron chi connectivity index (χ1n) is 11.4. The Balaban J connectivity index is 1.89. The number of methoxy groups -OCH3 is 1. The molecule has 2 aliphatic rings. The number of carbonyl (C=O) groups is 3. The van der Waals surface area contributed by atoms with Gasteiger partial charge in [0, 0.05) is 33.0 Å². The molecular formula is C23H39N3O7. The monoisotopic (exact) mass is 469 g/mol. The molecule has 3 unspecified atom stereocenters. The predicted octanol–water partition coefficient (Wildman–Crippen LogP) is 1.24. The third kappa shape index (κ3) is 8.37. The van der Waals surface area contributed by atoms with Gasteiger partial charge in [-0.25, -0.2) is 4.79 Å². The lowest BCUT2D eigenvalue weighted by molar-refractivity contribution is -0.139. The van der Waals surface area contributed by atoms with Crippen LogP contribution in [0.15, 0.2) is 11.6 Å². The van der Waals surface area contributed by atoms with Crippen LogP contribution in [0.2, 0.25) is 0 Å². The van der Waals surface area contributed by atoms with Crippen LogP contribution in [0.5, 0.6) is 0 Å². The van der Waals surface area contributed by atoms with E-state index < -0.39 is 24.2 Å². The third-order valence-corrected chi connectivity index (χ3v) is 6.10. The zero-order valence-corrected chi connectivity index (χ0v) is 20.6. The molecule has 188 valence electrons. The van der Waals surface area contributed by atoms with E-state index in [1.165, 1.54) is 12.5 Å². The Hall–Kier alpha value is -2.01. The van der Waals surface area contributed by atoms with Crippen molar-refractivity contribution in [2.24, 2.45) is 5.92 Å². The van der Waals surface area contributed by atoms with Gasteiger partial charge >= 0.3 is 6.09 Å². The van der Waals surface area contributed by atoms with Crippen LogP contribution in [-0.2, 0) is 28.5 Å². The van der Waals surface area contributed by atoms with Gasteiger partial charge in [-0.05, 0) is 40.7 Å². The second-order valence-electron chi connectivity index (χ2n) is 9.15. The summed E-state index contributed by atoms with van der Waals surface area (Å²) >= 11 is 0. The fourth-order valence-electron chi connectivity index (χ4n) is 4.33. The van der Waals surface area contributed by atoms with Crippen LogP contribution in [0.4, 0.5) is 4.79 Å². The molecule has 0 aromatic rings. The van der Waals surface area contributed by atoms with Crippen molar-refractivity contribution in [2.75, 3.05) is 47.0 Å². The molecule has 0 aromatic heterocycles. The lowest BCUT2D eigenvalue weighted by Crippen LogP contribution is -2.55. The number of allylic oxidation sites excluding steroid dienone is 1. The minimum Gasteiger partial charge on any atom is -0.443 e. The molecule has 1 heterocycles. The first kappa shape index (κ1) is 27.2. The highest BCUT2D eigenvalue weighted by atomic mass is 16.6. The standard InChI is InChI=1S/C23H39N3O7/c1-15(2)8-12-31-16(3)20-21(30-6)18(7-9-23(20)14-32-23)33-22(29)25-19(28)13-26(5)11-10-24-17(4)27/h8,16,18,20-21H,7,9-14H2,1-6H3,(H,24,27)(H,25,28,29)/t16-,18?,20?,21?,23-/m0/s1. The van der Waals surface area contributed by atoms with Crippen molar-refractivity contribution in [3.8, 4) is 0 Å². The van der Waals surface area contributed by atoms with E-state index in [1.807, 2.05) is 26.8 Å². The number of nitrogens with zero attached hydrogens (tertiary/aromatic N) is 1. The van der Waals surface area contributed by atoms with Gasteiger partial charge in [-0.2, -0.15) is 0 Å². The van der Waals surface area contributed by atoms with Crippen LogP contribution < -0.4 is 10.6 Å². The molecule has 2 rings (SSSR count). The third-order valence-electron chi connectivity index (χ3n) is 6.10. The minimum atomic E-state index is -0.799. The van der Waals surface area contributed by atoms with Gasteiger partial charge < -0.3 is 24.3 Å². The summed E-state index contributed by atoms with van der Waals surface area (Å²) in [7, 11) is 3.32. The largest absolute Gasteiger partial charge is 0.443 e. The van der Waals surface area contributed by atoms with Crippen molar-refractivity contribution in [1.82, 2.24) is 15.5 Å². The van der Waals surface area contributed by atoms with E-state index in [0.29, 0.717) is 32.7 Å². The van der Waals surface area contributed by atoms with E-state index in [0.717, 1.165) is 6.42 Å². The summed E-state index contributed by atoms with van der Waals surface area (Å²) in [6.45, 7) is 9.47. The Morgan fingerprint density at radius 3 is 2.55 bits per heavy atom. The molecule has 2 N–H and O–H groups in total. The molecular weight excluding hydrogens is 430 g/mol. The number of rotatable bonds is 11. The summed E-state index contributed by atoms with van der Waals surface area (Å²) in [5.74, 6) is -0.716. The van der Waals surface area contributed by atoms with Gasteiger partial charge in [0.25, 0.3) is 0 Å². The molecule has 10 heteroatoms. The van der Waals surface area contributed by atoms with Crippen molar-refractivity contribution in [3.63, 3.8) is 0 Å². The van der Waals surface area contributed by atoms with Gasteiger partial charge in [-0.1, -0.05) is 11.6 Å². The molecule has 5 atom stereocenters. The Bertz CT molecular complexity index is 719. The first-order valence-corrected chi connectivity index (χ1v) is 11.4. The number of nitrogens with one attached hydrogen (secondary N) is 2. The Labute approximate surface area is 196 Å². The summed E-state index contributed by atoms with van der Waals surface area (Å²) in [4.78, 5) is 37.2. The average molecular weight is 470 g/mol. The first-order chi connectivity index (χ1) is 15.6. The van der Waals surface area contributed by atoms with Gasteiger partial charge in [0.05, 0.1) is 31.5 Å². The zero-order chi connectivity index (χ0) is 24.6. The minimum absolute atomic E-state index is 0.00186. The molecule has 2 fully saturated rings. The van der Waals surface area contributed by atoms with E-state index in [2.05, 4.69) is 10.6 Å². The molecule has 0 bridgehead atoms. The smallest absolute Gasteiger partial charge is 0.414 e. The van der Waals surface area contributed by atoms with E-state index in [9.17, 15) is 14.4 Å². The molecule has 0 radical (unpaired) electrons. The maximum Gasteiger partial charge on any atom is 0.414 e. The molecule has 3 amide bonds. The molecule has 1 spiro atoms. The summed E-state index contributed by atoms with van der Waals surface area (Å²) in [5.41, 5.74) is 0.864. The quantitative estimate of drug-likeness (QED) is 0.343. The van der Waals surface area contributed by atoms with Crippen LogP contribution >= 0.6 is 0 Å². The molecule has 1 saturated heterocycles. The second-order valence-corrected chi connectivity index (χ2v) is 9.15. The molecule has 33 heavy (non-hydrogen) atoms. The predicted molar refractivity (Wildman–Crippen MR) is 122 cm³/mol. The number of amides is 3. The topological polar surface area (TPSA) is 119 Å². The van der Waals surface area contributed by atoms with E-state index in [-0.39, 0.29) is 30.1 Å². The average Bonchev–Trinajstić information content (AvgIpc) is 3.48. The normalized spacial score (nSPS) is 27.1. The fourth-order valence-corrected chi connectivity index (χ4v) is 4.33. The highest BCUT2D eigenvalue weighted by molar-refractivity contribution is 5.92. The van der Waals surface area contributed by atoms with Crippen molar-refractivity contribution in [1.29, 1.82) is 0 Å². The lowest BCUT2D eigenvalue weighted by atomic mass is 9.73. The summed E-state index contributed by atoms with van der Waals surface area (Å²) < 4.78 is 23.2. The van der Waals surface area contributed by atoms with Gasteiger partial charge in [0.15, 0.2) is 0 Å². The van der Waals surface area contributed by atoms with Crippen molar-refractivity contribution >= 4 is 17.9 Å². The van der Waals surface area contributed by atoms with E-state index in [4.69, 9.17) is 18.9 Å². The maximum atomic E-state index is 12.4. The highest BCUT2D eigenvalue weighted by Crippen LogP contribution is 2.49. The molecule has 1 saturated carbocycles. The maximum absolute atomic E-state index is 12.4. The van der Waals surface area contributed by atoms with Gasteiger partial charge in [-0.3, -0.25) is 19.8 Å². The van der Waals surface area contributed by atoms with Gasteiger partial charge in [0.1, 0.15) is 12.2 Å². The van der Waals surface area contributed by atoms with Crippen molar-refractivity contribution < 1.29 is 33.3 Å². The number of carbonyl (C=O) groups excluding carboxylic acids is 3. The van der Waals surface area contributed by atoms with Crippen LogP contribution in [0.3, 0.4) is 0 Å². The van der Waals surface area contributed by atoms with Crippen molar-refractivity contribution in [2.45, 2.75) is 64.4 Å². The zero-order valence-electron chi connectivity index (χ0n) is 20.6. The number of epoxide rings is 1. The van der Waals surface area contributed by atoms with Gasteiger partial charge in [0.2, 0.25) is 11.8 Å². The van der Waals surface area contributed by atoms with Crippen LogP contribution in [0.1, 0.15) is 40.5 Å². The van der Waals surface area contributed by atoms with E-state index in [1.54, 1.807) is 19.1 Å². The number of likely N-dealkylation sites (N-methyl/N-ethyl adjacent to an activating group) is 1. The van der Waals surface area contributed by atoms with Crippen LogP contribution in [0, 0.1) is 5.92 Å². The molecule has 1 aliphatic heterocycles. The molecule has 0 aromatic carbocycles. The lowest BCUT2D eigenvalue weighted by Gasteiger charge is -2.42. The van der Waals surface area contributed by atoms with Gasteiger partial charge in [-0.15, -0.1) is 0 Å². The number of hydrogen-bond donors (Lipinski definition) is 2. The molecule has 10 nitrogen and oxygen atoms in total. The number of ether oxygens (including phenoxy) is 4. The Morgan fingerprint density at radius 2 is 1.97 bits per heavy atom.